The minimum Gasteiger partial charge on any atom is -0.485 e. The van der Waals surface area contributed by atoms with E-state index in [9.17, 15) is 4.79 Å². The number of carbonyl (C=O) groups excluding carboxylic acids is 1. The Labute approximate surface area is 163 Å². The number of ether oxygens (including phenoxy) is 1. The quantitative estimate of drug-likeness (QED) is 0.464. The lowest BCUT2D eigenvalue weighted by Crippen LogP contribution is -2.10. The molecule has 0 aliphatic carbocycles. The highest BCUT2D eigenvalue weighted by Crippen LogP contribution is 2.26. The third-order valence-corrected chi connectivity index (χ3v) is 4.63. The molecule has 0 fully saturated rings. The summed E-state index contributed by atoms with van der Waals surface area (Å²) in [7, 11) is 0. The lowest BCUT2D eigenvalue weighted by atomic mass is 10.1. The van der Waals surface area contributed by atoms with Gasteiger partial charge in [-0.05, 0) is 47.7 Å². The number of aryl methyl sites for hydroxylation is 1. The molecule has 28 heavy (non-hydrogen) atoms. The molecular weight excluding hydrogens is 350 g/mol. The van der Waals surface area contributed by atoms with Crippen LogP contribution in [0.1, 0.15) is 28.8 Å². The van der Waals surface area contributed by atoms with Gasteiger partial charge in [0.25, 0.3) is 5.91 Å². The number of benzene rings is 3. The van der Waals surface area contributed by atoms with E-state index in [2.05, 4.69) is 12.2 Å². The van der Waals surface area contributed by atoms with Gasteiger partial charge in [0.1, 0.15) is 18.1 Å². The zero-order valence-corrected chi connectivity index (χ0v) is 15.6. The molecule has 0 atom stereocenters. The molecule has 0 saturated carbocycles. The molecule has 4 rings (SSSR count). The van der Waals surface area contributed by atoms with Crippen LogP contribution in [0.5, 0.6) is 5.75 Å². The molecule has 3 aromatic carbocycles. The highest BCUT2D eigenvalue weighted by atomic mass is 16.5. The molecule has 0 bridgehead atoms. The molecule has 0 aliphatic heterocycles. The normalized spacial score (nSPS) is 10.8. The van der Waals surface area contributed by atoms with Gasteiger partial charge in [-0.1, -0.05) is 55.5 Å². The predicted octanol–water partition coefficient (Wildman–Crippen LogP) is 5.83. The summed E-state index contributed by atoms with van der Waals surface area (Å²) in [5.41, 5.74) is 1.97. The second kappa shape index (κ2) is 8.01. The molecule has 1 heterocycles. The van der Waals surface area contributed by atoms with Gasteiger partial charge in [-0.25, -0.2) is 0 Å². The van der Waals surface area contributed by atoms with E-state index < -0.39 is 0 Å². The summed E-state index contributed by atoms with van der Waals surface area (Å²) in [5, 5.41) is 5.01. The first-order valence-corrected chi connectivity index (χ1v) is 9.32. The zero-order valence-electron chi connectivity index (χ0n) is 15.6. The number of furan rings is 1. The van der Waals surface area contributed by atoms with Crippen molar-refractivity contribution in [3.05, 3.63) is 95.9 Å². The van der Waals surface area contributed by atoms with Gasteiger partial charge in [0, 0.05) is 11.1 Å². The van der Waals surface area contributed by atoms with Crippen molar-refractivity contribution in [3.63, 3.8) is 0 Å². The maximum absolute atomic E-state index is 12.4. The van der Waals surface area contributed by atoms with Gasteiger partial charge in [0.2, 0.25) is 0 Å². The molecule has 0 saturated heterocycles. The average molecular weight is 371 g/mol. The Hall–Kier alpha value is -3.53. The Morgan fingerprint density at radius 1 is 0.929 bits per heavy atom. The summed E-state index contributed by atoms with van der Waals surface area (Å²) in [6.07, 6.45) is 0.965. The highest BCUT2D eigenvalue weighted by Gasteiger charge is 2.12. The molecule has 1 aromatic heterocycles. The molecular formula is C24H21NO3. The van der Waals surface area contributed by atoms with Crippen LogP contribution in [0.2, 0.25) is 0 Å². The van der Waals surface area contributed by atoms with E-state index in [0.717, 1.165) is 28.6 Å². The summed E-state index contributed by atoms with van der Waals surface area (Å²) in [5.74, 6) is 1.37. The second-order valence-electron chi connectivity index (χ2n) is 6.54. The molecule has 0 aliphatic rings. The van der Waals surface area contributed by atoms with Crippen molar-refractivity contribution in [2.24, 2.45) is 0 Å². The summed E-state index contributed by atoms with van der Waals surface area (Å²) >= 11 is 0. The molecule has 0 unspecified atom stereocenters. The van der Waals surface area contributed by atoms with Gasteiger partial charge in [-0.15, -0.1) is 0 Å². The van der Waals surface area contributed by atoms with Gasteiger partial charge in [-0.2, -0.15) is 0 Å². The van der Waals surface area contributed by atoms with E-state index in [1.165, 1.54) is 5.56 Å². The van der Waals surface area contributed by atoms with Crippen LogP contribution >= 0.6 is 0 Å². The number of hydrogen-bond donors (Lipinski definition) is 1. The van der Waals surface area contributed by atoms with Gasteiger partial charge in [0.05, 0.1) is 0 Å². The molecule has 0 radical (unpaired) electrons. The topological polar surface area (TPSA) is 51.5 Å². The Balaban J connectivity index is 1.41. The van der Waals surface area contributed by atoms with Crippen molar-refractivity contribution in [3.8, 4) is 5.75 Å². The van der Waals surface area contributed by atoms with E-state index in [1.54, 1.807) is 12.1 Å². The minimum atomic E-state index is -0.277. The first-order valence-electron chi connectivity index (χ1n) is 9.32. The Morgan fingerprint density at radius 3 is 2.54 bits per heavy atom. The summed E-state index contributed by atoms with van der Waals surface area (Å²) in [6.45, 7) is 2.35. The van der Waals surface area contributed by atoms with Crippen LogP contribution < -0.4 is 10.1 Å². The van der Waals surface area contributed by atoms with Gasteiger partial charge in [-0.3, -0.25) is 4.79 Å². The Morgan fingerprint density at radius 2 is 1.71 bits per heavy atom. The van der Waals surface area contributed by atoms with Crippen molar-refractivity contribution in [2.45, 2.75) is 20.0 Å². The van der Waals surface area contributed by atoms with Gasteiger partial charge >= 0.3 is 0 Å². The molecule has 140 valence electrons. The van der Waals surface area contributed by atoms with Crippen LogP contribution in [0.15, 0.2) is 83.3 Å². The molecule has 4 heteroatoms. The van der Waals surface area contributed by atoms with Gasteiger partial charge in [0.15, 0.2) is 5.76 Å². The molecule has 4 nitrogen and oxygen atoms in total. The highest BCUT2D eigenvalue weighted by molar-refractivity contribution is 6.02. The van der Waals surface area contributed by atoms with Crippen LogP contribution in [0.4, 0.5) is 5.69 Å². The Kier molecular flexibility index (Phi) is 5.11. The van der Waals surface area contributed by atoms with Crippen LogP contribution in [-0.2, 0) is 13.0 Å². The van der Waals surface area contributed by atoms with Crippen LogP contribution in [0.25, 0.3) is 10.8 Å². The number of carbonyl (C=O) groups is 1. The van der Waals surface area contributed by atoms with E-state index in [4.69, 9.17) is 9.15 Å². The number of fused-ring (bicyclic) bond motifs is 1. The summed E-state index contributed by atoms with van der Waals surface area (Å²) < 4.78 is 11.6. The van der Waals surface area contributed by atoms with E-state index in [1.807, 2.05) is 66.7 Å². The zero-order chi connectivity index (χ0) is 19.3. The van der Waals surface area contributed by atoms with Crippen molar-refractivity contribution in [1.29, 1.82) is 0 Å². The first kappa shape index (κ1) is 17.9. The van der Waals surface area contributed by atoms with Crippen LogP contribution in [-0.4, -0.2) is 5.91 Å². The largest absolute Gasteiger partial charge is 0.485 e. The molecule has 1 amide bonds. The van der Waals surface area contributed by atoms with Crippen molar-refractivity contribution in [1.82, 2.24) is 0 Å². The third kappa shape index (κ3) is 3.91. The number of amides is 1. The average Bonchev–Trinajstić information content (AvgIpc) is 3.22. The standard InChI is InChI=1S/C24H21NO3/c1-2-17-10-12-19(13-11-17)25-24(26)23-15-14-20(28-23)16-27-22-9-5-7-18-6-3-4-8-21(18)22/h3-15H,2,16H2,1H3,(H,25,26). The lowest BCUT2D eigenvalue weighted by molar-refractivity contribution is 0.0992. The minimum absolute atomic E-state index is 0.256. The van der Waals surface area contributed by atoms with E-state index in [-0.39, 0.29) is 18.3 Å². The number of nitrogens with one attached hydrogen (secondary N) is 1. The lowest BCUT2D eigenvalue weighted by Gasteiger charge is -2.08. The maximum Gasteiger partial charge on any atom is 0.291 e. The van der Waals surface area contributed by atoms with E-state index >= 15 is 0 Å². The number of rotatable bonds is 6. The van der Waals surface area contributed by atoms with Crippen molar-refractivity contribution < 1.29 is 13.9 Å². The predicted molar refractivity (Wildman–Crippen MR) is 111 cm³/mol. The fourth-order valence-corrected chi connectivity index (χ4v) is 3.06. The Bertz CT molecular complexity index is 1090. The monoisotopic (exact) mass is 371 g/mol. The number of hydrogen-bond acceptors (Lipinski definition) is 3. The number of anilines is 1. The fourth-order valence-electron chi connectivity index (χ4n) is 3.06. The van der Waals surface area contributed by atoms with Crippen molar-refractivity contribution >= 4 is 22.4 Å². The SMILES string of the molecule is CCc1ccc(NC(=O)c2ccc(COc3cccc4ccccc34)o2)cc1. The summed E-state index contributed by atoms with van der Waals surface area (Å²) in [4.78, 5) is 12.4. The maximum atomic E-state index is 12.4. The summed E-state index contributed by atoms with van der Waals surface area (Å²) in [6, 6.07) is 25.2. The molecule has 0 spiro atoms. The third-order valence-electron chi connectivity index (χ3n) is 4.63. The van der Waals surface area contributed by atoms with Crippen LogP contribution in [0, 0.1) is 0 Å². The second-order valence-corrected chi connectivity index (χ2v) is 6.54. The fraction of sp³-hybridized carbons (Fsp3) is 0.125. The van der Waals surface area contributed by atoms with Crippen molar-refractivity contribution in [2.75, 3.05) is 5.32 Å². The smallest absolute Gasteiger partial charge is 0.291 e. The van der Waals surface area contributed by atoms with Crippen LogP contribution in [0.3, 0.4) is 0 Å². The van der Waals surface area contributed by atoms with Gasteiger partial charge < -0.3 is 14.5 Å². The molecule has 1 N–H and O–H groups in total. The van der Waals surface area contributed by atoms with E-state index in [0.29, 0.717) is 5.76 Å². The molecule has 4 aromatic rings. The first-order chi connectivity index (χ1) is 13.7.